The average Bonchev–Trinajstić information content (AvgIpc) is 0. The van der Waals surface area contributed by atoms with Gasteiger partial charge in [0.05, 0.1) is 0 Å². The zero-order chi connectivity index (χ0) is 0. The van der Waals surface area contributed by atoms with E-state index < -0.39 is 0 Å². The maximum absolute atomic E-state index is 0. The molecule has 0 heterocycles. The van der Waals surface area contributed by atoms with Gasteiger partial charge in [0.25, 0.3) is 0 Å². The summed E-state index contributed by atoms with van der Waals surface area (Å²) in [6.45, 7) is 0. The smallest absolute Gasteiger partial charge is 0 e. The van der Waals surface area contributed by atoms with E-state index in [1.807, 2.05) is 0 Å². The van der Waals surface area contributed by atoms with Crippen LogP contribution in [0.25, 0.3) is 0 Å². The molecule has 0 rings (SSSR count). The van der Waals surface area contributed by atoms with Crippen LogP contribution in [0.5, 0.6) is 0 Å². The van der Waals surface area contributed by atoms with E-state index in [4.69, 9.17) is 0 Å². The fourth-order valence-corrected chi connectivity index (χ4v) is 0. The minimum Gasteiger partial charge on any atom is 0 e. The summed E-state index contributed by atoms with van der Waals surface area (Å²) >= 11 is 0. The van der Waals surface area contributed by atoms with Crippen LogP contribution >= 0.6 is 13.5 Å². The van der Waals surface area contributed by atoms with E-state index in [1.54, 1.807) is 0 Å². The second-order valence-electron chi connectivity index (χ2n) is 0. The molecule has 0 bridgehead atoms. The average molecular weight is 430 g/mol. The van der Waals surface area contributed by atoms with Gasteiger partial charge < -0.3 is 0 Å². The van der Waals surface area contributed by atoms with Gasteiger partial charge >= 0.3 is 0 Å². The van der Waals surface area contributed by atoms with Crippen LogP contribution in [0.1, 0.15) is 0 Å². The molecule has 4 heavy (non-hydrogen) atoms. The number of hydrogen-bond acceptors (Lipinski definition) is 0. The quantitative estimate of drug-likeness (QED) is 0.471. The molecule has 0 saturated carbocycles. The SMILES string of the molecule is [Ba].[La].[S].[Sb]. The summed E-state index contributed by atoms with van der Waals surface area (Å²) < 4.78 is 0. The van der Waals surface area contributed by atoms with Gasteiger partial charge in [0.15, 0.2) is 0 Å². The molecule has 0 fully saturated rings. The molecule has 0 nitrogen and oxygen atoms in total. The molecular formula is BaLaSSb. The molecule has 0 aliphatic heterocycles. The third-order valence-electron chi connectivity index (χ3n) is 0. The number of hydrogen-bond donors (Lipinski definition) is 0. The van der Waals surface area contributed by atoms with Crippen LogP contribution in [0.15, 0.2) is 0 Å². The molecule has 0 N–H and O–H groups in total. The first kappa shape index (κ1) is 24.6. The first-order chi connectivity index (χ1) is 0. The Bertz CT molecular complexity index is 8.00. The third kappa shape index (κ3) is 9.33. The van der Waals surface area contributed by atoms with Crippen LogP contribution in [0.3, 0.4) is 0 Å². The van der Waals surface area contributed by atoms with Crippen molar-refractivity contribution in [3.63, 3.8) is 0 Å². The van der Waals surface area contributed by atoms with Crippen molar-refractivity contribution in [2.24, 2.45) is 0 Å². The molecule has 0 aromatic rings. The standard InChI is InChI=1S/Ba.La.S.Sb. The van der Waals surface area contributed by atoms with E-state index in [9.17, 15) is 0 Å². The van der Waals surface area contributed by atoms with Gasteiger partial charge in [0.2, 0.25) is 0 Å². The predicted octanol–water partition coefficient (Wildman–Crippen LogP) is -0.113. The molecule has 0 aliphatic rings. The van der Waals surface area contributed by atoms with Gasteiger partial charge in [-0.2, -0.15) is 0 Å². The fourth-order valence-electron chi connectivity index (χ4n) is 0. The molecule has 8 radical (unpaired) electrons. The predicted molar refractivity (Wildman–Crippen MR) is 19.1 cm³/mol. The topological polar surface area (TPSA) is 0 Å². The van der Waals surface area contributed by atoms with Gasteiger partial charge in [-0.25, -0.2) is 0 Å². The van der Waals surface area contributed by atoms with Gasteiger partial charge in [-0.1, -0.05) is 0 Å². The summed E-state index contributed by atoms with van der Waals surface area (Å²) in [4.78, 5) is 0. The van der Waals surface area contributed by atoms with Crippen LogP contribution in [0.2, 0.25) is 0 Å². The fraction of sp³-hybridized carbons (Fsp3) is 0. The Kier molecular flexibility index (Phi) is 97.2. The Morgan fingerprint density at radius 2 is 1.00 bits per heavy atom. The maximum Gasteiger partial charge on any atom is 0 e. The third-order valence-corrected chi connectivity index (χ3v) is 0. The second-order valence-corrected chi connectivity index (χ2v) is 0. The van der Waals surface area contributed by atoms with E-state index in [0.717, 1.165) is 0 Å². The van der Waals surface area contributed by atoms with Gasteiger partial charge in [-0.05, 0) is 0 Å². The van der Waals surface area contributed by atoms with E-state index in [2.05, 4.69) is 0 Å². The summed E-state index contributed by atoms with van der Waals surface area (Å²) in [5, 5.41) is 0. The minimum absolute atomic E-state index is 0. The Labute approximate surface area is 119 Å². The molecule has 16 valence electrons. The zero-order valence-electron chi connectivity index (χ0n) is 2.14. The van der Waals surface area contributed by atoms with Crippen LogP contribution in [0.4, 0.5) is 0 Å². The largest absolute Gasteiger partial charge is 0 e. The van der Waals surface area contributed by atoms with Crippen LogP contribution in [-0.4, -0.2) is 73.3 Å². The molecular weight excluding hydrogens is 430 g/mol. The maximum atomic E-state index is 0. The Hall–Kier alpha value is 3.93. The number of rotatable bonds is 0. The van der Waals surface area contributed by atoms with Crippen molar-refractivity contribution >= 4 is 86.8 Å². The first-order valence-electron chi connectivity index (χ1n) is 0. The monoisotopic (exact) mass is 430 g/mol. The van der Waals surface area contributed by atoms with Crippen molar-refractivity contribution in [2.45, 2.75) is 0 Å². The zero-order valence-corrected chi connectivity index (χ0v) is 13.6. The van der Waals surface area contributed by atoms with E-state index in [0.29, 0.717) is 0 Å². The van der Waals surface area contributed by atoms with Gasteiger partial charge in [0.1, 0.15) is 0 Å². The molecule has 0 aromatic heterocycles. The molecule has 0 unspecified atom stereocenters. The molecule has 0 saturated heterocycles. The summed E-state index contributed by atoms with van der Waals surface area (Å²) in [5.74, 6) is 0. The van der Waals surface area contributed by atoms with Gasteiger partial charge in [-0.15, -0.1) is 0 Å². The summed E-state index contributed by atoms with van der Waals surface area (Å²) in [6, 6.07) is 0. The molecule has 0 aromatic carbocycles. The Morgan fingerprint density at radius 3 is 1.00 bits per heavy atom. The molecule has 0 atom stereocenters. The van der Waals surface area contributed by atoms with Crippen LogP contribution < -0.4 is 0 Å². The van der Waals surface area contributed by atoms with Crippen molar-refractivity contribution in [3.8, 4) is 0 Å². The molecule has 0 aliphatic carbocycles. The minimum atomic E-state index is 0. The molecule has 0 amide bonds. The Balaban J connectivity index is 0. The molecule has 4 heteroatoms. The van der Waals surface area contributed by atoms with Crippen LogP contribution in [-0.2, 0) is 0 Å². The van der Waals surface area contributed by atoms with E-state index in [-0.39, 0.29) is 122 Å². The molecule has 0 spiro atoms. The summed E-state index contributed by atoms with van der Waals surface area (Å²) in [5.41, 5.74) is 0. The summed E-state index contributed by atoms with van der Waals surface area (Å²) in [6.07, 6.45) is 0. The second kappa shape index (κ2) is 15.8. The van der Waals surface area contributed by atoms with Crippen molar-refractivity contribution in [2.75, 3.05) is 0 Å². The van der Waals surface area contributed by atoms with Gasteiger partial charge in [-0.3, -0.25) is 0 Å². The van der Waals surface area contributed by atoms with Crippen LogP contribution in [0, 0.1) is 35.6 Å². The van der Waals surface area contributed by atoms with Crippen molar-refractivity contribution in [1.82, 2.24) is 0 Å². The van der Waals surface area contributed by atoms with E-state index >= 15 is 0 Å². The normalized spacial score (nSPS) is 0. The van der Waals surface area contributed by atoms with Gasteiger partial charge in [0, 0.05) is 122 Å². The van der Waals surface area contributed by atoms with Crippen molar-refractivity contribution < 1.29 is 35.6 Å². The van der Waals surface area contributed by atoms with Crippen molar-refractivity contribution in [3.05, 3.63) is 0 Å². The first-order valence-corrected chi connectivity index (χ1v) is 0. The van der Waals surface area contributed by atoms with E-state index in [1.165, 1.54) is 0 Å². The Morgan fingerprint density at radius 1 is 1.00 bits per heavy atom. The summed E-state index contributed by atoms with van der Waals surface area (Å²) in [7, 11) is 0. The van der Waals surface area contributed by atoms with Crippen molar-refractivity contribution in [1.29, 1.82) is 0 Å².